The molecule has 1 fully saturated rings. The third-order valence-electron chi connectivity index (χ3n) is 5.08. The monoisotopic (exact) mass is 354 g/mol. The average Bonchev–Trinajstić information content (AvgIpc) is 3.30. The van der Waals surface area contributed by atoms with Crippen LogP contribution >= 0.6 is 0 Å². The van der Waals surface area contributed by atoms with Gasteiger partial charge in [-0.15, -0.1) is 10.2 Å². The van der Waals surface area contributed by atoms with E-state index in [2.05, 4.69) is 32.5 Å². The van der Waals surface area contributed by atoms with Gasteiger partial charge in [-0.3, -0.25) is 0 Å². The first kappa shape index (κ1) is 17.0. The number of anilines is 1. The van der Waals surface area contributed by atoms with E-state index in [1.807, 2.05) is 30.9 Å². The molecule has 0 spiro atoms. The van der Waals surface area contributed by atoms with Crippen molar-refractivity contribution in [1.82, 2.24) is 25.0 Å². The Labute approximate surface area is 153 Å². The van der Waals surface area contributed by atoms with E-state index in [1.165, 1.54) is 32.1 Å². The Kier molecular flexibility index (Phi) is 4.61. The number of hydrogen-bond donors (Lipinski definition) is 1. The predicted octanol–water partition coefficient (Wildman–Crippen LogP) is 4.37. The molecule has 1 N–H and O–H groups in total. The van der Waals surface area contributed by atoms with Crippen molar-refractivity contribution in [3.05, 3.63) is 18.3 Å². The van der Waals surface area contributed by atoms with Crippen LogP contribution in [0.5, 0.6) is 0 Å². The highest BCUT2D eigenvalue weighted by molar-refractivity contribution is 5.96. The summed E-state index contributed by atoms with van der Waals surface area (Å²) >= 11 is 0. The fourth-order valence-electron chi connectivity index (χ4n) is 3.60. The third-order valence-corrected chi connectivity index (χ3v) is 5.08. The summed E-state index contributed by atoms with van der Waals surface area (Å²) in [4.78, 5) is 4.63. The first-order chi connectivity index (χ1) is 12.7. The summed E-state index contributed by atoms with van der Waals surface area (Å²) in [5.41, 5.74) is 2.76. The zero-order chi connectivity index (χ0) is 18.1. The number of rotatable bonds is 5. The number of fused-ring (bicyclic) bond motifs is 1. The van der Waals surface area contributed by atoms with Crippen LogP contribution < -0.4 is 5.32 Å². The van der Waals surface area contributed by atoms with Crippen LogP contribution in [0.2, 0.25) is 0 Å². The number of nitrogens with one attached hydrogen (secondary N) is 1. The van der Waals surface area contributed by atoms with Gasteiger partial charge in [0, 0.05) is 24.7 Å². The molecule has 0 aliphatic heterocycles. The van der Waals surface area contributed by atoms with Crippen molar-refractivity contribution in [2.45, 2.75) is 71.4 Å². The predicted molar refractivity (Wildman–Crippen MR) is 101 cm³/mol. The Hall–Kier alpha value is -2.44. The van der Waals surface area contributed by atoms with Crippen LogP contribution in [0.15, 0.2) is 16.8 Å². The topological polar surface area (TPSA) is 81.7 Å². The Morgan fingerprint density at radius 3 is 2.69 bits per heavy atom. The minimum atomic E-state index is 0.200. The van der Waals surface area contributed by atoms with Crippen molar-refractivity contribution >= 4 is 16.7 Å². The largest absolute Gasteiger partial charge is 0.420 e. The van der Waals surface area contributed by atoms with E-state index in [4.69, 9.17) is 4.42 Å². The molecule has 3 aromatic heterocycles. The first-order valence-electron chi connectivity index (χ1n) is 9.62. The molecular formula is C19H26N6O. The van der Waals surface area contributed by atoms with Crippen molar-refractivity contribution in [1.29, 1.82) is 0 Å². The molecule has 1 aliphatic rings. The Bertz CT molecular complexity index is 891. The average molecular weight is 354 g/mol. The second-order valence-corrected chi connectivity index (χ2v) is 7.32. The lowest BCUT2D eigenvalue weighted by molar-refractivity contribution is 0.462. The van der Waals surface area contributed by atoms with Gasteiger partial charge in [-0.1, -0.05) is 33.1 Å². The van der Waals surface area contributed by atoms with E-state index in [9.17, 15) is 0 Å². The van der Waals surface area contributed by atoms with Gasteiger partial charge in [0.25, 0.3) is 5.89 Å². The zero-order valence-corrected chi connectivity index (χ0v) is 15.7. The fourth-order valence-corrected chi connectivity index (χ4v) is 3.60. The van der Waals surface area contributed by atoms with E-state index in [-0.39, 0.29) is 5.92 Å². The summed E-state index contributed by atoms with van der Waals surface area (Å²) in [5.74, 6) is 1.36. The molecule has 0 amide bonds. The van der Waals surface area contributed by atoms with Gasteiger partial charge in [0.15, 0.2) is 5.65 Å². The molecule has 1 aliphatic carbocycles. The van der Waals surface area contributed by atoms with Gasteiger partial charge in [0.05, 0.1) is 22.8 Å². The van der Waals surface area contributed by atoms with Crippen LogP contribution in [0.4, 0.5) is 5.69 Å². The minimum absolute atomic E-state index is 0.200. The molecule has 26 heavy (non-hydrogen) atoms. The summed E-state index contributed by atoms with van der Waals surface area (Å²) in [7, 11) is 0. The molecule has 7 nitrogen and oxygen atoms in total. The fraction of sp³-hybridized carbons (Fsp3) is 0.579. The standard InChI is InChI=1S/C19H26N6O/c1-4-25-17-14(11-21-25)16(22-13-8-6-5-7-9-13)15(10-20-17)19-24-23-18(26-19)12(2)3/h10-13H,4-9H2,1-3H3,(H,20,22). The van der Waals surface area contributed by atoms with Gasteiger partial charge in [-0.2, -0.15) is 5.10 Å². The molecule has 3 aromatic rings. The van der Waals surface area contributed by atoms with Gasteiger partial charge in [-0.05, 0) is 19.8 Å². The maximum Gasteiger partial charge on any atom is 0.251 e. The van der Waals surface area contributed by atoms with Crippen LogP contribution in [-0.2, 0) is 6.54 Å². The Morgan fingerprint density at radius 2 is 2.00 bits per heavy atom. The van der Waals surface area contributed by atoms with E-state index in [0.717, 1.165) is 28.8 Å². The van der Waals surface area contributed by atoms with Crippen molar-refractivity contribution in [3.8, 4) is 11.5 Å². The summed E-state index contributed by atoms with van der Waals surface area (Å²) in [6.45, 7) is 6.95. The zero-order valence-electron chi connectivity index (χ0n) is 15.7. The van der Waals surface area contributed by atoms with Crippen LogP contribution in [0.1, 0.15) is 64.7 Å². The lowest BCUT2D eigenvalue weighted by Gasteiger charge is -2.25. The molecule has 7 heteroatoms. The molecule has 4 rings (SSSR count). The highest BCUT2D eigenvalue weighted by atomic mass is 16.4. The molecule has 0 atom stereocenters. The first-order valence-corrected chi connectivity index (χ1v) is 9.62. The lowest BCUT2D eigenvalue weighted by Crippen LogP contribution is -2.22. The van der Waals surface area contributed by atoms with Crippen molar-refractivity contribution in [2.24, 2.45) is 0 Å². The number of pyridine rings is 1. The SMILES string of the molecule is CCn1ncc2c(NC3CCCCC3)c(-c3nnc(C(C)C)o3)cnc21. The lowest BCUT2D eigenvalue weighted by atomic mass is 9.95. The van der Waals surface area contributed by atoms with Crippen LogP contribution in [-0.4, -0.2) is 31.0 Å². The van der Waals surface area contributed by atoms with E-state index in [0.29, 0.717) is 17.8 Å². The molecule has 3 heterocycles. The summed E-state index contributed by atoms with van der Waals surface area (Å²) in [6, 6.07) is 0.463. The highest BCUT2D eigenvalue weighted by Gasteiger charge is 2.22. The van der Waals surface area contributed by atoms with Crippen molar-refractivity contribution in [3.63, 3.8) is 0 Å². The minimum Gasteiger partial charge on any atom is -0.420 e. The normalized spacial score (nSPS) is 15.8. The molecule has 0 unspecified atom stereocenters. The molecule has 0 saturated heterocycles. The molecule has 0 aromatic carbocycles. The maximum atomic E-state index is 5.91. The molecule has 1 saturated carbocycles. The van der Waals surface area contributed by atoms with Crippen LogP contribution in [0.25, 0.3) is 22.5 Å². The number of aromatic nitrogens is 5. The molecule has 0 radical (unpaired) electrons. The smallest absolute Gasteiger partial charge is 0.251 e. The number of nitrogens with zero attached hydrogens (tertiary/aromatic N) is 5. The summed E-state index contributed by atoms with van der Waals surface area (Å²) < 4.78 is 7.83. The summed E-state index contributed by atoms with van der Waals surface area (Å²) in [6.07, 6.45) is 9.96. The van der Waals surface area contributed by atoms with Gasteiger partial charge >= 0.3 is 0 Å². The molecule has 138 valence electrons. The van der Waals surface area contributed by atoms with E-state index < -0.39 is 0 Å². The van der Waals surface area contributed by atoms with Crippen molar-refractivity contribution in [2.75, 3.05) is 5.32 Å². The number of hydrogen-bond acceptors (Lipinski definition) is 6. The van der Waals surface area contributed by atoms with Gasteiger partial charge < -0.3 is 9.73 Å². The van der Waals surface area contributed by atoms with Gasteiger partial charge in [-0.25, -0.2) is 9.67 Å². The van der Waals surface area contributed by atoms with Crippen molar-refractivity contribution < 1.29 is 4.42 Å². The van der Waals surface area contributed by atoms with Gasteiger partial charge in [0.1, 0.15) is 0 Å². The molecule has 0 bridgehead atoms. The Balaban J connectivity index is 1.80. The van der Waals surface area contributed by atoms with E-state index in [1.54, 1.807) is 0 Å². The third kappa shape index (κ3) is 3.06. The summed E-state index contributed by atoms with van der Waals surface area (Å²) in [5, 5.41) is 17.7. The second kappa shape index (κ2) is 7.05. The molecular weight excluding hydrogens is 328 g/mol. The van der Waals surface area contributed by atoms with Crippen LogP contribution in [0, 0.1) is 0 Å². The number of aryl methyl sites for hydroxylation is 1. The van der Waals surface area contributed by atoms with Gasteiger partial charge in [0.2, 0.25) is 5.89 Å². The van der Waals surface area contributed by atoms with E-state index >= 15 is 0 Å². The second-order valence-electron chi connectivity index (χ2n) is 7.32. The highest BCUT2D eigenvalue weighted by Crippen LogP contribution is 2.35. The van der Waals surface area contributed by atoms with Crippen LogP contribution in [0.3, 0.4) is 0 Å². The maximum absolute atomic E-state index is 5.91. The quantitative estimate of drug-likeness (QED) is 0.733. The Morgan fingerprint density at radius 1 is 1.19 bits per heavy atom.